The number of ether oxygens (including phenoxy) is 2. The van der Waals surface area contributed by atoms with E-state index >= 15 is 0 Å². The smallest absolute Gasteiger partial charge is 0.355 e. The molecule has 1 aliphatic carbocycles. The summed E-state index contributed by atoms with van der Waals surface area (Å²) in [6, 6.07) is 7.32. The number of thiazole rings is 1. The second-order valence-corrected chi connectivity index (χ2v) is 8.63. The molecule has 0 amide bonds. The van der Waals surface area contributed by atoms with Crippen LogP contribution in [0.2, 0.25) is 5.02 Å². The highest BCUT2D eigenvalue weighted by atomic mass is 35.5. The minimum Gasteiger partial charge on any atom is -0.488 e. The van der Waals surface area contributed by atoms with Crippen LogP contribution in [0.15, 0.2) is 41.8 Å². The van der Waals surface area contributed by atoms with Gasteiger partial charge in [-0.1, -0.05) is 35.9 Å². The van der Waals surface area contributed by atoms with E-state index in [9.17, 15) is 9.90 Å². The summed E-state index contributed by atoms with van der Waals surface area (Å²) in [6.45, 7) is 0.380. The number of aliphatic hydroxyl groups excluding tert-OH is 1. The second kappa shape index (κ2) is 8.83. The molecule has 0 unspecified atom stereocenters. The largest absolute Gasteiger partial charge is 0.488 e. The highest BCUT2D eigenvalue weighted by molar-refractivity contribution is 7.09. The molecule has 8 heteroatoms. The number of benzene rings is 1. The molecule has 1 aromatic heterocycles. The van der Waals surface area contributed by atoms with Crippen molar-refractivity contribution in [3.8, 4) is 5.75 Å². The Hall–Kier alpha value is -1.93. The van der Waals surface area contributed by atoms with E-state index in [1.165, 1.54) is 11.3 Å². The third-order valence-corrected chi connectivity index (χ3v) is 6.79. The fourth-order valence-corrected chi connectivity index (χ4v) is 5.21. The van der Waals surface area contributed by atoms with Gasteiger partial charge in [-0.2, -0.15) is 0 Å². The lowest BCUT2D eigenvalue weighted by atomic mass is 9.86. The first-order valence-electron chi connectivity index (χ1n) is 9.59. The molecule has 0 radical (unpaired) electrons. The average Bonchev–Trinajstić information content (AvgIpc) is 3.31. The zero-order chi connectivity index (χ0) is 20.4. The number of para-hydroxylation sites is 1. The van der Waals surface area contributed by atoms with Crippen molar-refractivity contribution in [2.45, 2.75) is 37.6 Å². The molecule has 0 bridgehead atoms. The van der Waals surface area contributed by atoms with Crippen LogP contribution in [0.1, 0.15) is 40.9 Å². The highest BCUT2D eigenvalue weighted by Gasteiger charge is 2.45. The van der Waals surface area contributed by atoms with Crippen LogP contribution < -0.4 is 4.74 Å². The maximum Gasteiger partial charge on any atom is 0.355 e. The molecule has 6 nitrogen and oxygen atoms in total. The van der Waals surface area contributed by atoms with E-state index in [1.807, 2.05) is 30.4 Å². The molecule has 2 heterocycles. The molecule has 0 spiro atoms. The number of aliphatic hydroxyl groups is 1. The molecule has 1 aromatic carbocycles. The van der Waals surface area contributed by atoms with Crippen LogP contribution in [0, 0.1) is 11.8 Å². The predicted octanol–water partition coefficient (Wildman–Crippen LogP) is 4.35. The van der Waals surface area contributed by atoms with E-state index in [2.05, 4.69) is 4.98 Å². The Morgan fingerprint density at radius 1 is 1.38 bits per heavy atom. The number of halogens is 1. The Morgan fingerprint density at radius 2 is 2.21 bits per heavy atom. The SMILES string of the molecule is O=C(O)c1csc([C@H]2CC[C@@H]3[C@@H](/C=C/COc4ccccc4Cl)[C@H](O)C[C@@H]3O2)n1. The first-order valence-corrected chi connectivity index (χ1v) is 10.8. The van der Waals surface area contributed by atoms with Gasteiger partial charge in [0.05, 0.1) is 17.2 Å². The summed E-state index contributed by atoms with van der Waals surface area (Å²) in [5.41, 5.74) is 0.0570. The van der Waals surface area contributed by atoms with Crippen LogP contribution in [-0.4, -0.2) is 40.0 Å². The topological polar surface area (TPSA) is 88.9 Å². The molecular formula is C21H22ClNO5S. The molecule has 2 fully saturated rings. The molecule has 29 heavy (non-hydrogen) atoms. The average molecular weight is 436 g/mol. The highest BCUT2D eigenvalue weighted by Crippen LogP contribution is 2.46. The van der Waals surface area contributed by atoms with Gasteiger partial charge in [0.25, 0.3) is 0 Å². The number of aromatic carboxylic acids is 1. The van der Waals surface area contributed by atoms with Crippen molar-refractivity contribution in [3.63, 3.8) is 0 Å². The molecule has 2 N–H and O–H groups in total. The van der Waals surface area contributed by atoms with E-state index in [-0.39, 0.29) is 29.7 Å². The van der Waals surface area contributed by atoms with Crippen LogP contribution in [0.5, 0.6) is 5.75 Å². The molecule has 1 saturated heterocycles. The first kappa shape index (κ1) is 20.3. The van der Waals surface area contributed by atoms with Gasteiger partial charge < -0.3 is 19.7 Å². The predicted molar refractivity (Wildman–Crippen MR) is 110 cm³/mol. The number of nitrogens with zero attached hydrogens (tertiary/aromatic N) is 1. The quantitative estimate of drug-likeness (QED) is 0.656. The van der Waals surface area contributed by atoms with Gasteiger partial charge in [-0.3, -0.25) is 0 Å². The summed E-state index contributed by atoms with van der Waals surface area (Å²) in [5.74, 6) is -0.142. The molecule has 4 rings (SSSR count). The minimum atomic E-state index is -1.03. The van der Waals surface area contributed by atoms with Gasteiger partial charge in [0, 0.05) is 17.7 Å². The molecular weight excluding hydrogens is 414 g/mol. The zero-order valence-electron chi connectivity index (χ0n) is 15.6. The van der Waals surface area contributed by atoms with Crippen molar-refractivity contribution in [2.75, 3.05) is 6.61 Å². The molecule has 5 atom stereocenters. The molecule has 154 valence electrons. The van der Waals surface area contributed by atoms with Gasteiger partial charge in [-0.25, -0.2) is 9.78 Å². The minimum absolute atomic E-state index is 0.0154. The number of rotatable bonds is 6. The van der Waals surface area contributed by atoms with E-state index in [0.717, 1.165) is 12.8 Å². The number of fused-ring (bicyclic) bond motifs is 1. The normalized spacial score (nSPS) is 29.1. The van der Waals surface area contributed by atoms with Crippen molar-refractivity contribution < 1.29 is 24.5 Å². The number of carboxylic acids is 1. The molecule has 1 saturated carbocycles. The third-order valence-electron chi connectivity index (χ3n) is 5.54. The van der Waals surface area contributed by atoms with Crippen LogP contribution >= 0.6 is 22.9 Å². The Bertz CT molecular complexity index is 901. The van der Waals surface area contributed by atoms with E-state index in [4.69, 9.17) is 26.2 Å². The van der Waals surface area contributed by atoms with Gasteiger partial charge in [0.2, 0.25) is 0 Å². The number of carboxylic acid groups (broad SMARTS) is 1. The Balaban J connectivity index is 1.34. The summed E-state index contributed by atoms with van der Waals surface area (Å²) in [7, 11) is 0. The van der Waals surface area contributed by atoms with Crippen molar-refractivity contribution >= 4 is 28.9 Å². The van der Waals surface area contributed by atoms with Crippen LogP contribution in [0.25, 0.3) is 0 Å². The van der Waals surface area contributed by atoms with Crippen LogP contribution in [-0.2, 0) is 4.74 Å². The summed E-state index contributed by atoms with van der Waals surface area (Å²) in [4.78, 5) is 15.2. The lowest BCUT2D eigenvalue weighted by Crippen LogP contribution is -2.30. The van der Waals surface area contributed by atoms with Gasteiger partial charge >= 0.3 is 5.97 Å². The summed E-state index contributed by atoms with van der Waals surface area (Å²) in [5, 5.41) is 22.4. The standard InChI is InChI=1S/C21H22ClNO5S/c22-14-5-1-2-6-17(14)27-9-3-4-12-13-7-8-18(28-19(13)10-16(12)24)20-23-15(11-29-20)21(25)26/h1-6,11-13,16,18-19,24H,7-10H2,(H,25,26)/b4-3+/t12-,13-,16-,18-,19+/m1/s1. The monoisotopic (exact) mass is 435 g/mol. The van der Waals surface area contributed by atoms with E-state index < -0.39 is 12.1 Å². The van der Waals surface area contributed by atoms with Crippen LogP contribution in [0.4, 0.5) is 0 Å². The first-order chi connectivity index (χ1) is 14.0. The molecule has 2 aromatic rings. The van der Waals surface area contributed by atoms with Gasteiger partial charge in [-0.15, -0.1) is 11.3 Å². The molecule has 1 aliphatic heterocycles. The summed E-state index contributed by atoms with van der Waals surface area (Å²) >= 11 is 7.40. The third kappa shape index (κ3) is 4.48. The van der Waals surface area contributed by atoms with Gasteiger partial charge in [0.15, 0.2) is 5.69 Å². The Morgan fingerprint density at radius 3 is 2.97 bits per heavy atom. The maximum atomic E-state index is 11.0. The van der Waals surface area contributed by atoms with Crippen LogP contribution in [0.3, 0.4) is 0 Å². The lowest BCUT2D eigenvalue weighted by Gasteiger charge is -2.33. The van der Waals surface area contributed by atoms with E-state index in [1.54, 1.807) is 11.4 Å². The van der Waals surface area contributed by atoms with Crippen molar-refractivity contribution in [3.05, 3.63) is 57.5 Å². The maximum absolute atomic E-state index is 11.0. The van der Waals surface area contributed by atoms with Crippen molar-refractivity contribution in [1.29, 1.82) is 0 Å². The van der Waals surface area contributed by atoms with E-state index in [0.29, 0.717) is 28.8 Å². The summed E-state index contributed by atoms with van der Waals surface area (Å²) < 4.78 is 11.9. The fourth-order valence-electron chi connectivity index (χ4n) is 4.16. The van der Waals surface area contributed by atoms with Crippen molar-refractivity contribution in [1.82, 2.24) is 4.98 Å². The number of hydrogen-bond acceptors (Lipinski definition) is 6. The Labute approximate surface area is 177 Å². The number of carbonyl (C=O) groups is 1. The van der Waals surface area contributed by atoms with Gasteiger partial charge in [-0.05, 0) is 30.9 Å². The van der Waals surface area contributed by atoms with Crippen molar-refractivity contribution in [2.24, 2.45) is 11.8 Å². The van der Waals surface area contributed by atoms with Gasteiger partial charge in [0.1, 0.15) is 23.5 Å². The number of hydrogen-bond donors (Lipinski definition) is 2. The zero-order valence-corrected chi connectivity index (χ0v) is 17.2. The fraction of sp³-hybridized carbons (Fsp3) is 0.429. The number of aromatic nitrogens is 1. The Kier molecular flexibility index (Phi) is 6.20. The molecule has 2 aliphatic rings. The lowest BCUT2D eigenvalue weighted by molar-refractivity contribution is -0.0767. The second-order valence-electron chi connectivity index (χ2n) is 7.33. The summed E-state index contributed by atoms with van der Waals surface area (Å²) in [6.07, 6.45) is 5.45.